The van der Waals surface area contributed by atoms with Gasteiger partial charge in [-0.2, -0.15) is 0 Å². The molecular weight excluding hydrogens is 496 g/mol. The highest BCUT2D eigenvalue weighted by atomic mass is 35.5. The molecule has 3 aromatic rings. The molecule has 1 unspecified atom stereocenters. The van der Waals surface area contributed by atoms with Crippen molar-refractivity contribution in [2.45, 2.75) is 57.5 Å². The molecule has 0 amide bonds. The lowest BCUT2D eigenvalue weighted by Crippen LogP contribution is -2.33. The number of piperidine rings is 1. The number of likely N-dealkylation sites (tertiary alicyclic amines) is 1. The molecular formula is C32H35ClN2O3. The number of hydrogen-bond donors (Lipinski definition) is 2. The Morgan fingerprint density at radius 1 is 1.03 bits per heavy atom. The van der Waals surface area contributed by atoms with Gasteiger partial charge in [-0.15, -0.1) is 0 Å². The van der Waals surface area contributed by atoms with Gasteiger partial charge in [-0.25, -0.2) is 0 Å². The van der Waals surface area contributed by atoms with E-state index in [9.17, 15) is 15.0 Å². The van der Waals surface area contributed by atoms with Gasteiger partial charge in [-0.1, -0.05) is 53.6 Å². The zero-order valence-corrected chi connectivity index (χ0v) is 22.8. The van der Waals surface area contributed by atoms with Crippen LogP contribution in [0.25, 0.3) is 5.57 Å². The zero-order chi connectivity index (χ0) is 26.9. The number of aliphatic hydroxyl groups excluding tert-OH is 1. The molecule has 1 aliphatic heterocycles. The van der Waals surface area contributed by atoms with Crippen molar-refractivity contribution < 1.29 is 15.0 Å². The molecule has 1 fully saturated rings. The highest BCUT2D eigenvalue weighted by Gasteiger charge is 2.30. The second-order valence-electron chi connectivity index (χ2n) is 11.0. The Kier molecular flexibility index (Phi) is 7.71. The molecule has 0 bridgehead atoms. The third kappa shape index (κ3) is 5.42. The highest BCUT2D eigenvalue weighted by Crippen LogP contribution is 2.38. The number of hydrogen-bond acceptors (Lipinski definition) is 4. The van der Waals surface area contributed by atoms with Crippen LogP contribution < -0.4 is 0 Å². The van der Waals surface area contributed by atoms with Crippen molar-refractivity contribution >= 4 is 23.1 Å². The molecule has 0 saturated carbocycles. The van der Waals surface area contributed by atoms with E-state index in [-0.39, 0.29) is 0 Å². The second-order valence-corrected chi connectivity index (χ2v) is 11.4. The number of aliphatic carboxylic acids is 1. The van der Waals surface area contributed by atoms with Gasteiger partial charge in [0.15, 0.2) is 0 Å². The number of aromatic nitrogens is 1. The highest BCUT2D eigenvalue weighted by molar-refractivity contribution is 6.30. The number of carboxylic acids is 1. The Hall–Kier alpha value is -2.99. The Morgan fingerprint density at radius 3 is 2.55 bits per heavy atom. The molecule has 38 heavy (non-hydrogen) atoms. The predicted octanol–water partition coefficient (Wildman–Crippen LogP) is 6.22. The van der Waals surface area contributed by atoms with Crippen molar-refractivity contribution in [3.63, 3.8) is 0 Å². The summed E-state index contributed by atoms with van der Waals surface area (Å²) >= 11 is 6.36. The molecule has 0 spiro atoms. The van der Waals surface area contributed by atoms with Crippen LogP contribution in [-0.4, -0.2) is 45.7 Å². The standard InChI is InChI=1S/C32H35ClN2O3/c1-32(2,31(37)38)25-7-3-5-24(19-25)28(36)14-18-35-16-12-21(13-17-35)29-27-11-10-26(33)20-23(27)9-8-22-6-4-15-34-30(22)29/h3-7,10-11,15,19-20,28,36H,8-9,12-14,16-18H2,1-2H3,(H,37,38). The van der Waals surface area contributed by atoms with Crippen LogP contribution in [0, 0.1) is 0 Å². The fraction of sp³-hybridized carbons (Fsp3) is 0.375. The number of benzene rings is 2. The Labute approximate surface area is 229 Å². The largest absolute Gasteiger partial charge is 0.481 e. The van der Waals surface area contributed by atoms with Crippen molar-refractivity contribution in [2.24, 2.45) is 0 Å². The van der Waals surface area contributed by atoms with Gasteiger partial charge in [0.1, 0.15) is 0 Å². The van der Waals surface area contributed by atoms with Gasteiger partial charge in [0.25, 0.3) is 0 Å². The van der Waals surface area contributed by atoms with Gasteiger partial charge in [-0.05, 0) is 92.0 Å². The minimum absolute atomic E-state index is 0.606. The third-order valence-corrected chi connectivity index (χ3v) is 8.42. The Balaban J connectivity index is 1.30. The van der Waals surface area contributed by atoms with Gasteiger partial charge in [0, 0.05) is 36.4 Å². The van der Waals surface area contributed by atoms with Gasteiger partial charge in [0.05, 0.1) is 17.2 Å². The number of halogens is 1. The number of rotatable bonds is 6. The summed E-state index contributed by atoms with van der Waals surface area (Å²) in [6, 6.07) is 17.8. The number of aryl methyl sites for hydroxylation is 2. The minimum atomic E-state index is -0.998. The summed E-state index contributed by atoms with van der Waals surface area (Å²) in [6.45, 7) is 6.04. The molecule has 2 N–H and O–H groups in total. The molecule has 1 aliphatic carbocycles. The SMILES string of the molecule is CC(C)(C(=O)O)c1cccc(C(O)CCN2CCC(=C3c4ccc(Cl)cc4CCc4cccnc43)CC2)c1. The minimum Gasteiger partial charge on any atom is -0.481 e. The van der Waals surface area contributed by atoms with E-state index < -0.39 is 17.5 Å². The number of carboxylic acid groups (broad SMARTS) is 1. The van der Waals surface area contributed by atoms with Crippen molar-refractivity contribution in [1.82, 2.24) is 9.88 Å². The monoisotopic (exact) mass is 530 g/mol. The Bertz CT molecular complexity index is 1370. The quantitative estimate of drug-likeness (QED) is 0.396. The van der Waals surface area contributed by atoms with Crippen LogP contribution in [0.2, 0.25) is 5.02 Å². The summed E-state index contributed by atoms with van der Waals surface area (Å²) in [5.41, 5.74) is 8.15. The van der Waals surface area contributed by atoms with Crippen LogP contribution >= 0.6 is 11.6 Å². The average Bonchev–Trinajstić information content (AvgIpc) is 3.08. The average molecular weight is 531 g/mol. The summed E-state index contributed by atoms with van der Waals surface area (Å²) in [5, 5.41) is 21.2. The van der Waals surface area contributed by atoms with Crippen LogP contribution in [0.4, 0.5) is 0 Å². The lowest BCUT2D eigenvalue weighted by molar-refractivity contribution is -0.142. The van der Waals surface area contributed by atoms with Crippen molar-refractivity contribution in [1.29, 1.82) is 0 Å². The molecule has 6 heteroatoms. The number of nitrogens with zero attached hydrogens (tertiary/aromatic N) is 2. The molecule has 2 aliphatic rings. The maximum absolute atomic E-state index is 11.7. The zero-order valence-electron chi connectivity index (χ0n) is 22.1. The van der Waals surface area contributed by atoms with E-state index in [4.69, 9.17) is 16.6 Å². The predicted molar refractivity (Wildman–Crippen MR) is 151 cm³/mol. The van der Waals surface area contributed by atoms with Gasteiger partial charge < -0.3 is 15.1 Å². The molecule has 1 atom stereocenters. The van der Waals surface area contributed by atoms with Crippen LogP contribution in [-0.2, 0) is 23.1 Å². The maximum Gasteiger partial charge on any atom is 0.313 e. The first-order valence-corrected chi connectivity index (χ1v) is 13.8. The number of carbonyl (C=O) groups is 1. The smallest absolute Gasteiger partial charge is 0.313 e. The summed E-state index contributed by atoms with van der Waals surface area (Å²) in [4.78, 5) is 18.9. The van der Waals surface area contributed by atoms with Crippen LogP contribution in [0.5, 0.6) is 0 Å². The van der Waals surface area contributed by atoms with E-state index in [1.807, 2.05) is 42.6 Å². The van der Waals surface area contributed by atoms with E-state index in [0.29, 0.717) is 12.0 Å². The van der Waals surface area contributed by atoms with E-state index in [1.54, 1.807) is 13.8 Å². The fourth-order valence-electron chi connectivity index (χ4n) is 5.66. The van der Waals surface area contributed by atoms with Crippen molar-refractivity contribution in [3.8, 4) is 0 Å². The van der Waals surface area contributed by atoms with Gasteiger partial charge in [-0.3, -0.25) is 9.78 Å². The molecule has 1 saturated heterocycles. The van der Waals surface area contributed by atoms with E-state index in [0.717, 1.165) is 61.6 Å². The molecule has 0 radical (unpaired) electrons. The van der Waals surface area contributed by atoms with Gasteiger partial charge >= 0.3 is 5.97 Å². The van der Waals surface area contributed by atoms with Crippen LogP contribution in [0.15, 0.2) is 66.4 Å². The van der Waals surface area contributed by atoms with E-state index >= 15 is 0 Å². The number of pyridine rings is 1. The van der Waals surface area contributed by atoms with Crippen molar-refractivity contribution in [3.05, 3.63) is 105 Å². The van der Waals surface area contributed by atoms with Crippen molar-refractivity contribution in [2.75, 3.05) is 19.6 Å². The molecule has 198 valence electrons. The number of fused-ring (bicyclic) bond motifs is 2. The molecule has 5 nitrogen and oxygen atoms in total. The van der Waals surface area contributed by atoms with Crippen LogP contribution in [0.1, 0.15) is 72.7 Å². The topological polar surface area (TPSA) is 73.7 Å². The molecule has 1 aromatic heterocycles. The summed E-state index contributed by atoms with van der Waals surface area (Å²) in [5.74, 6) is -0.875. The first kappa shape index (κ1) is 26.6. The van der Waals surface area contributed by atoms with Gasteiger partial charge in [0.2, 0.25) is 0 Å². The maximum atomic E-state index is 11.7. The molecule has 2 aromatic carbocycles. The molecule has 5 rings (SSSR count). The first-order chi connectivity index (χ1) is 18.2. The number of aliphatic hydroxyl groups is 1. The normalized spacial score (nSPS) is 16.9. The second kappa shape index (κ2) is 11.0. The lowest BCUT2D eigenvalue weighted by atomic mass is 9.83. The first-order valence-electron chi connectivity index (χ1n) is 13.4. The fourth-order valence-corrected chi connectivity index (χ4v) is 5.85. The lowest BCUT2D eigenvalue weighted by Gasteiger charge is -2.31. The van der Waals surface area contributed by atoms with Crippen LogP contribution in [0.3, 0.4) is 0 Å². The van der Waals surface area contributed by atoms with E-state index in [1.165, 1.54) is 27.8 Å². The Morgan fingerprint density at radius 2 is 1.79 bits per heavy atom. The third-order valence-electron chi connectivity index (χ3n) is 8.19. The summed E-state index contributed by atoms with van der Waals surface area (Å²) < 4.78 is 0. The van der Waals surface area contributed by atoms with E-state index in [2.05, 4.69) is 23.1 Å². The summed E-state index contributed by atoms with van der Waals surface area (Å²) in [7, 11) is 0. The summed E-state index contributed by atoms with van der Waals surface area (Å²) in [6.07, 6.45) is 5.71. The molecule has 2 heterocycles.